The summed E-state index contributed by atoms with van der Waals surface area (Å²) in [5, 5.41) is 0.112. The zero-order valence-corrected chi connectivity index (χ0v) is 8.04. The van der Waals surface area contributed by atoms with Crippen molar-refractivity contribution >= 4 is 22.7 Å². The number of amides is 1. The van der Waals surface area contributed by atoms with E-state index in [0.717, 1.165) is 11.3 Å². The van der Waals surface area contributed by atoms with Crippen molar-refractivity contribution in [1.82, 2.24) is 0 Å². The first-order chi connectivity index (χ1) is 6.27. The van der Waals surface area contributed by atoms with Gasteiger partial charge in [-0.15, -0.1) is 0 Å². The molecule has 0 N–H and O–H groups in total. The number of aliphatic imine (C=N–C) groups is 1. The lowest BCUT2D eigenvalue weighted by atomic mass is 10.1. The first-order valence-electron chi connectivity index (χ1n) is 4.12. The van der Waals surface area contributed by atoms with Crippen molar-refractivity contribution in [2.75, 3.05) is 0 Å². The molecule has 1 aromatic carbocycles. The van der Waals surface area contributed by atoms with Gasteiger partial charge < -0.3 is 0 Å². The van der Waals surface area contributed by atoms with Crippen molar-refractivity contribution in [2.45, 2.75) is 12.2 Å². The lowest BCUT2D eigenvalue weighted by Gasteiger charge is -2.03. The Balaban J connectivity index is 2.37. The van der Waals surface area contributed by atoms with Crippen LogP contribution in [0.5, 0.6) is 0 Å². The maximum absolute atomic E-state index is 11.0. The highest BCUT2D eigenvalue weighted by Crippen LogP contribution is 2.25. The molecular formula is C10H9NOS. The highest BCUT2D eigenvalue weighted by atomic mass is 32.2. The van der Waals surface area contributed by atoms with Crippen LogP contribution in [0.1, 0.15) is 12.5 Å². The third-order valence-electron chi connectivity index (χ3n) is 1.94. The Morgan fingerprint density at radius 3 is 2.54 bits per heavy atom. The van der Waals surface area contributed by atoms with E-state index >= 15 is 0 Å². The smallest absolute Gasteiger partial charge is 0.259 e. The number of rotatable bonds is 1. The van der Waals surface area contributed by atoms with Gasteiger partial charge in [-0.2, -0.15) is 0 Å². The van der Waals surface area contributed by atoms with E-state index in [2.05, 4.69) is 4.99 Å². The number of thioether (sulfide) groups is 1. The van der Waals surface area contributed by atoms with Crippen molar-refractivity contribution in [3.8, 4) is 0 Å². The molecule has 0 radical (unpaired) electrons. The molecule has 0 saturated carbocycles. The minimum absolute atomic E-state index is 0.0775. The van der Waals surface area contributed by atoms with E-state index in [1.54, 1.807) is 0 Å². The van der Waals surface area contributed by atoms with Crippen molar-refractivity contribution in [3.05, 3.63) is 35.9 Å². The second-order valence-electron chi connectivity index (χ2n) is 2.89. The number of hydrogen-bond donors (Lipinski definition) is 0. The van der Waals surface area contributed by atoms with Gasteiger partial charge in [0.15, 0.2) is 0 Å². The molecule has 1 amide bonds. The largest absolute Gasteiger partial charge is 0.305 e. The topological polar surface area (TPSA) is 29.4 Å². The SMILES string of the molecule is CC1SC(=O)N=C1c1ccccc1. The molecule has 1 heterocycles. The van der Waals surface area contributed by atoms with Gasteiger partial charge in [0, 0.05) is 0 Å². The first-order valence-corrected chi connectivity index (χ1v) is 5.00. The fourth-order valence-corrected chi connectivity index (χ4v) is 2.08. The standard InChI is InChI=1S/C10H9NOS/c1-7-9(11-10(12)13-7)8-5-3-2-4-6-8/h2-7H,1H3. The zero-order valence-electron chi connectivity index (χ0n) is 7.23. The van der Waals surface area contributed by atoms with Crippen LogP contribution in [-0.4, -0.2) is 16.2 Å². The summed E-state index contributed by atoms with van der Waals surface area (Å²) in [6.07, 6.45) is 0. The molecule has 0 saturated heterocycles. The molecule has 0 aliphatic carbocycles. The van der Waals surface area contributed by atoms with Gasteiger partial charge in [0.05, 0.1) is 11.0 Å². The number of carbonyl (C=O) groups is 1. The Bertz CT molecular complexity index is 358. The molecule has 0 bridgehead atoms. The van der Waals surface area contributed by atoms with Crippen LogP contribution in [0, 0.1) is 0 Å². The van der Waals surface area contributed by atoms with Crippen molar-refractivity contribution in [3.63, 3.8) is 0 Å². The quantitative estimate of drug-likeness (QED) is 0.683. The van der Waals surface area contributed by atoms with Crippen molar-refractivity contribution < 1.29 is 4.79 Å². The molecular weight excluding hydrogens is 182 g/mol. The fraction of sp³-hybridized carbons (Fsp3) is 0.200. The second kappa shape index (κ2) is 3.34. The molecule has 2 nitrogen and oxygen atoms in total. The summed E-state index contributed by atoms with van der Waals surface area (Å²) in [7, 11) is 0. The van der Waals surface area contributed by atoms with Crippen LogP contribution >= 0.6 is 11.8 Å². The Labute approximate surface area is 81.1 Å². The minimum Gasteiger partial charge on any atom is -0.259 e. The predicted molar refractivity (Wildman–Crippen MR) is 55.4 cm³/mol. The Morgan fingerprint density at radius 1 is 1.31 bits per heavy atom. The van der Waals surface area contributed by atoms with E-state index in [1.165, 1.54) is 11.8 Å². The highest BCUT2D eigenvalue weighted by molar-refractivity contribution is 8.15. The third-order valence-corrected chi connectivity index (χ3v) is 2.81. The zero-order chi connectivity index (χ0) is 9.26. The summed E-state index contributed by atoms with van der Waals surface area (Å²) in [4.78, 5) is 15.0. The lowest BCUT2D eigenvalue weighted by molar-refractivity contribution is 0.268. The fourth-order valence-electron chi connectivity index (χ4n) is 1.33. The summed E-state index contributed by atoms with van der Waals surface area (Å²) in [6.45, 7) is 2.00. The molecule has 66 valence electrons. The van der Waals surface area contributed by atoms with E-state index in [9.17, 15) is 4.79 Å². The van der Waals surface area contributed by atoms with Gasteiger partial charge in [0.2, 0.25) is 0 Å². The van der Waals surface area contributed by atoms with Gasteiger partial charge in [-0.05, 0) is 12.5 Å². The molecule has 3 heteroatoms. The number of carbonyl (C=O) groups excluding carboxylic acids is 1. The van der Waals surface area contributed by atoms with Crippen LogP contribution in [-0.2, 0) is 0 Å². The third kappa shape index (κ3) is 1.65. The number of hydrogen-bond acceptors (Lipinski definition) is 2. The molecule has 1 unspecified atom stereocenters. The predicted octanol–water partition coefficient (Wildman–Crippen LogP) is 2.73. The molecule has 1 aliphatic rings. The highest BCUT2D eigenvalue weighted by Gasteiger charge is 2.24. The summed E-state index contributed by atoms with van der Waals surface area (Å²) in [5.74, 6) is 0. The molecule has 2 rings (SSSR count). The number of nitrogens with zero attached hydrogens (tertiary/aromatic N) is 1. The van der Waals surface area contributed by atoms with E-state index < -0.39 is 0 Å². The number of benzene rings is 1. The van der Waals surface area contributed by atoms with E-state index in [1.807, 2.05) is 37.3 Å². The van der Waals surface area contributed by atoms with E-state index in [-0.39, 0.29) is 10.5 Å². The van der Waals surface area contributed by atoms with Gasteiger partial charge in [-0.3, -0.25) is 4.79 Å². The van der Waals surface area contributed by atoms with Crippen LogP contribution in [0.4, 0.5) is 4.79 Å². The summed E-state index contributed by atoms with van der Waals surface area (Å²) in [6, 6.07) is 9.83. The second-order valence-corrected chi connectivity index (χ2v) is 4.18. The van der Waals surface area contributed by atoms with Crippen LogP contribution in [0.2, 0.25) is 0 Å². The summed E-state index contributed by atoms with van der Waals surface area (Å²) < 4.78 is 0. The molecule has 0 fully saturated rings. The average molecular weight is 191 g/mol. The molecule has 1 aliphatic heterocycles. The normalized spacial score (nSPS) is 21.8. The van der Waals surface area contributed by atoms with Crippen LogP contribution in [0.25, 0.3) is 0 Å². The Morgan fingerprint density at radius 2 is 2.00 bits per heavy atom. The van der Waals surface area contributed by atoms with E-state index in [4.69, 9.17) is 0 Å². The first kappa shape index (κ1) is 8.51. The monoisotopic (exact) mass is 191 g/mol. The molecule has 1 aromatic rings. The lowest BCUT2D eigenvalue weighted by Crippen LogP contribution is -2.09. The summed E-state index contributed by atoms with van der Waals surface area (Å²) >= 11 is 1.28. The van der Waals surface area contributed by atoms with Gasteiger partial charge in [0.25, 0.3) is 0 Å². The Hall–Kier alpha value is -1.09. The average Bonchev–Trinajstić information content (AvgIpc) is 2.47. The van der Waals surface area contributed by atoms with Crippen LogP contribution < -0.4 is 0 Å². The van der Waals surface area contributed by atoms with Gasteiger partial charge in [-0.1, -0.05) is 42.1 Å². The van der Waals surface area contributed by atoms with Crippen molar-refractivity contribution in [2.24, 2.45) is 4.99 Å². The molecule has 13 heavy (non-hydrogen) atoms. The maximum Gasteiger partial charge on any atom is 0.305 e. The molecule has 0 aromatic heterocycles. The van der Waals surface area contributed by atoms with Crippen LogP contribution in [0.3, 0.4) is 0 Å². The van der Waals surface area contributed by atoms with Gasteiger partial charge >= 0.3 is 5.24 Å². The van der Waals surface area contributed by atoms with E-state index in [0.29, 0.717) is 0 Å². The minimum atomic E-state index is -0.0775. The van der Waals surface area contributed by atoms with Gasteiger partial charge in [0.1, 0.15) is 0 Å². The molecule has 0 spiro atoms. The Kier molecular flexibility index (Phi) is 2.19. The van der Waals surface area contributed by atoms with Crippen LogP contribution in [0.15, 0.2) is 35.3 Å². The maximum atomic E-state index is 11.0. The molecule has 1 atom stereocenters. The van der Waals surface area contributed by atoms with Gasteiger partial charge in [-0.25, -0.2) is 4.99 Å². The van der Waals surface area contributed by atoms with Crippen molar-refractivity contribution in [1.29, 1.82) is 0 Å². The summed E-state index contributed by atoms with van der Waals surface area (Å²) in [5.41, 5.74) is 1.95.